The van der Waals surface area contributed by atoms with Crippen LogP contribution in [0.5, 0.6) is 0 Å². The van der Waals surface area contributed by atoms with Gasteiger partial charge in [0.2, 0.25) is 0 Å². The third-order valence-corrected chi connectivity index (χ3v) is 24.7. The predicted octanol–water partition coefficient (Wildman–Crippen LogP) is 31.8. The number of anilines is 6. The van der Waals surface area contributed by atoms with Gasteiger partial charge in [-0.1, -0.05) is 345 Å². The molecule has 0 saturated heterocycles. The van der Waals surface area contributed by atoms with E-state index in [4.69, 9.17) is 0 Å². The second-order valence-electron chi connectivity index (χ2n) is 45.6. The van der Waals surface area contributed by atoms with Gasteiger partial charge >= 0.3 is 0 Å². The van der Waals surface area contributed by atoms with Crippen LogP contribution in [0.25, 0.3) is 99.5 Å². The van der Waals surface area contributed by atoms with Crippen molar-refractivity contribution >= 4 is 101 Å². The van der Waals surface area contributed by atoms with Crippen molar-refractivity contribution in [2.75, 3.05) is 9.80 Å². The number of para-hydroxylation sites is 2. The molecule has 0 aliphatic carbocycles. The van der Waals surface area contributed by atoms with Crippen LogP contribution in [0.1, 0.15) is 253 Å². The Morgan fingerprint density at radius 3 is 0.944 bits per heavy atom. The van der Waals surface area contributed by atoms with Crippen molar-refractivity contribution in [1.29, 1.82) is 0 Å². The van der Waals surface area contributed by atoms with Crippen LogP contribution in [0.3, 0.4) is 0 Å². The number of aromatic nitrogens is 2. The van der Waals surface area contributed by atoms with Gasteiger partial charge in [0, 0.05) is 72.3 Å². The smallest absolute Gasteiger partial charge is 0.252 e. The van der Waals surface area contributed by atoms with Crippen LogP contribution in [-0.2, 0) is 53.7 Å². The molecule has 4 nitrogen and oxygen atoms in total. The number of fused-ring (bicyclic) bond motifs is 10. The van der Waals surface area contributed by atoms with Gasteiger partial charge in [-0.25, -0.2) is 0 Å². The molecule has 2 aliphatic heterocycles. The zero-order valence-electron chi connectivity index (χ0n) is 90.6. The Morgan fingerprint density at radius 1 is 0.274 bits per heavy atom. The summed E-state index contributed by atoms with van der Waals surface area (Å²) in [4.78, 5) is 5.08. The van der Waals surface area contributed by atoms with E-state index in [1.807, 2.05) is 74.9 Å². The van der Waals surface area contributed by atoms with Gasteiger partial charge in [0.1, 0.15) is 0 Å². The maximum absolute atomic E-state index is 10.2. The van der Waals surface area contributed by atoms with Gasteiger partial charge in [-0.05, 0) is 278 Å². The monoisotopic (exact) mass is 1640 g/mol. The molecule has 0 fully saturated rings. The lowest BCUT2D eigenvalue weighted by Gasteiger charge is -2.46. The Labute approximate surface area is 760 Å². The van der Waals surface area contributed by atoms with Gasteiger partial charge in [0.25, 0.3) is 6.71 Å². The summed E-state index contributed by atoms with van der Waals surface area (Å²) in [6, 6.07) is 72.9. The summed E-state index contributed by atoms with van der Waals surface area (Å²) < 4.78 is 121. The van der Waals surface area contributed by atoms with E-state index in [0.29, 0.717) is 50.7 Å². The average molecular weight is 1640 g/mol. The first-order chi connectivity index (χ1) is 62.9. The first-order valence-corrected chi connectivity index (χ1v) is 44.9. The molecule has 0 N–H and O–H groups in total. The van der Waals surface area contributed by atoms with Crippen LogP contribution in [0.15, 0.2) is 255 Å². The summed E-state index contributed by atoms with van der Waals surface area (Å²) >= 11 is 0. The van der Waals surface area contributed by atoms with E-state index in [0.717, 1.165) is 113 Å². The maximum atomic E-state index is 10.2. The van der Waals surface area contributed by atoms with Gasteiger partial charge in [-0.2, -0.15) is 0 Å². The van der Waals surface area contributed by atoms with E-state index >= 15 is 0 Å². The summed E-state index contributed by atoms with van der Waals surface area (Å²) in [5.74, 6) is 0. The number of hydrogen-bond donors (Lipinski definition) is 0. The summed E-state index contributed by atoms with van der Waals surface area (Å²) in [7, 11) is 0. The molecule has 0 atom stereocenters. The summed E-state index contributed by atoms with van der Waals surface area (Å²) in [5, 5.41) is 1.55. The van der Waals surface area contributed by atoms with E-state index < -0.39 is 42.4 Å². The highest BCUT2D eigenvalue weighted by molar-refractivity contribution is 7.00. The first kappa shape index (κ1) is 71.4. The second-order valence-corrected chi connectivity index (χ2v) is 45.6. The molecule has 0 unspecified atom stereocenters. The van der Waals surface area contributed by atoms with Gasteiger partial charge in [0.15, 0.2) is 0 Å². The lowest BCUT2D eigenvalue weighted by atomic mass is 9.33. The molecule has 4 heterocycles. The van der Waals surface area contributed by atoms with Crippen LogP contribution < -0.4 is 26.2 Å². The minimum absolute atomic E-state index is 0.195. The zero-order valence-corrected chi connectivity index (χ0v) is 78.6. The van der Waals surface area contributed by atoms with Crippen LogP contribution in [-0.4, -0.2) is 15.8 Å². The van der Waals surface area contributed by atoms with E-state index in [9.17, 15) is 16.4 Å². The molecule has 0 radical (unpaired) electrons. The average Bonchev–Trinajstić information content (AvgIpc) is 1.16. The molecule has 5 heteroatoms. The Bertz CT molecular complexity index is 7010. The van der Waals surface area contributed by atoms with Gasteiger partial charge < -0.3 is 18.9 Å². The van der Waals surface area contributed by atoms with Gasteiger partial charge in [-0.3, -0.25) is 0 Å². The van der Waals surface area contributed by atoms with E-state index in [1.54, 1.807) is 12.1 Å². The van der Waals surface area contributed by atoms with Crippen molar-refractivity contribution in [2.45, 2.75) is 241 Å². The van der Waals surface area contributed by atoms with Crippen molar-refractivity contribution in [2.24, 2.45) is 27.1 Å². The van der Waals surface area contributed by atoms with E-state index in [2.05, 4.69) is 325 Å². The van der Waals surface area contributed by atoms with Crippen molar-refractivity contribution in [3.8, 4) is 55.9 Å². The van der Waals surface area contributed by atoms with Gasteiger partial charge in [-0.15, -0.1) is 0 Å². The molecule has 0 saturated carbocycles. The summed E-state index contributed by atoms with van der Waals surface area (Å²) in [5.41, 5.74) is 24.8. The van der Waals surface area contributed by atoms with Crippen LogP contribution in [0.2, 0.25) is 0 Å². The normalized spacial score (nSPS) is 15.3. The standard InChI is InChI=1S/C119H133BN4/c1-111(2,3)70-75-48-54-102-96(56-75)90-44-28-30-46-100(90)121(102)88-50-52-98-106(66-88)123(104-68-92(78-36-32-40-84(60-78)116(16,17)18)82(73-114(10,11)12)64-94(104)80-38-34-42-86(62-80)118(22,23)24)108-58-77(72-113(7,8)9)59-109-110(108)120(98)99-53-51-89(122-101-47-31-29-45-91(101)97-57-76(49-55-103(97)122)71-112(4,5)6)67-107(99)124(109)105-69-93(79-37-33-41-85(61-79)117(19,20)21)83(74-115(13,14)15)65-95(105)81-39-35-43-87(63-81)119(25,26)27/h28-69H,70-74H2,1-27H3/i28D,29D,30D,31D,44D,45D,46D,47D,70D2,71D2. The molecule has 2 aromatic heterocycles. The maximum Gasteiger partial charge on any atom is 0.252 e. The Balaban J connectivity index is 1.11. The molecular weight excluding hydrogens is 1500 g/mol. The molecule has 2 aliphatic rings. The minimum Gasteiger partial charge on any atom is -0.311 e. The number of rotatable bonds is 13. The number of hydrogen-bond acceptors (Lipinski definition) is 2. The van der Waals surface area contributed by atoms with Crippen LogP contribution in [0, 0.1) is 27.1 Å². The Kier molecular flexibility index (Phi) is 17.6. The van der Waals surface area contributed by atoms with E-state index in [1.165, 1.54) is 33.4 Å². The Morgan fingerprint density at radius 2 is 0.613 bits per heavy atom. The van der Waals surface area contributed by atoms with Crippen molar-refractivity contribution < 1.29 is 16.4 Å². The summed E-state index contributed by atoms with van der Waals surface area (Å²) in [6.45, 7) is 58.8. The Hall–Kier alpha value is -10.9. The van der Waals surface area contributed by atoms with Crippen molar-refractivity contribution in [3.05, 3.63) is 305 Å². The first-order valence-electron chi connectivity index (χ1n) is 50.9. The van der Waals surface area contributed by atoms with E-state index in [-0.39, 0.29) is 96.0 Å². The van der Waals surface area contributed by atoms with Crippen molar-refractivity contribution in [3.63, 3.8) is 0 Å². The number of nitrogens with zero attached hydrogens (tertiary/aromatic N) is 4. The SMILES string of the molecule is [2H]c1c([2H])c([2H])c2c(c1[2H])c1cc(C([2H])([2H])C(C)(C)C)ccc1n2-c1ccc2c(c1)N(c1cc(-c3cccc(C(C)(C)C)c3)c(CC(C)(C)C)cc1-c1cccc(C(C)(C)C)c1)c1cc(CC(C)(C)C)cc3c1B2c1ccc(-n2c4ccc(C([2H])([2H])C(C)(C)C)cc4c4c([2H])c([2H])c([2H])c([2H])c42)cc1N3c1cc(-c2cccc(C(C)(C)C)c2)c(CC(C)(C)C)cc1-c1cccc(C(C)(C)C)c1. The highest BCUT2D eigenvalue weighted by Crippen LogP contribution is 2.55. The third kappa shape index (κ3) is 16.7. The molecule has 0 bridgehead atoms. The molecule has 0 spiro atoms. The highest BCUT2D eigenvalue weighted by Gasteiger charge is 2.46. The molecule has 124 heavy (non-hydrogen) atoms. The quantitative estimate of drug-likeness (QED) is 0.107. The zero-order chi connectivity index (χ0) is 99.0. The topological polar surface area (TPSA) is 16.3 Å². The third-order valence-electron chi connectivity index (χ3n) is 24.7. The highest BCUT2D eigenvalue weighted by atomic mass is 15.2. The fourth-order valence-electron chi connectivity index (χ4n) is 19.2. The molecular formula is C119H133BN4. The van der Waals surface area contributed by atoms with Crippen molar-refractivity contribution in [1.82, 2.24) is 9.13 Å². The van der Waals surface area contributed by atoms with Crippen LogP contribution in [0.4, 0.5) is 34.1 Å². The fraction of sp³-hybridized carbons (Fsp3) is 0.345. The molecule has 0 amide bonds. The predicted molar refractivity (Wildman–Crippen MR) is 541 cm³/mol. The minimum atomic E-state index is -1.88. The molecule has 13 aromatic carbocycles. The van der Waals surface area contributed by atoms with Gasteiger partial charge in [0.05, 0.1) is 44.4 Å². The largest absolute Gasteiger partial charge is 0.311 e. The van der Waals surface area contributed by atoms with Crippen LogP contribution >= 0.6 is 0 Å². The lowest BCUT2D eigenvalue weighted by Crippen LogP contribution is -2.61. The molecule has 632 valence electrons. The number of benzene rings is 13. The summed E-state index contributed by atoms with van der Waals surface area (Å²) in [6.07, 6.45) is -1.69. The molecule has 17 rings (SSSR count). The lowest BCUT2D eigenvalue weighted by molar-refractivity contribution is 0.411. The second kappa shape index (κ2) is 30.5. The fourth-order valence-corrected chi connectivity index (χ4v) is 19.2. The molecule has 15 aromatic rings.